The van der Waals surface area contributed by atoms with Gasteiger partial charge in [-0.15, -0.1) is 5.10 Å². The summed E-state index contributed by atoms with van der Waals surface area (Å²) in [6.45, 7) is 0. The molecule has 0 fully saturated rings. The van der Waals surface area contributed by atoms with E-state index >= 15 is 0 Å². The molecule has 2 heterocycles. The zero-order chi connectivity index (χ0) is 17.5. The highest BCUT2D eigenvalue weighted by atomic mass is 32.2. The third kappa shape index (κ3) is 2.58. The van der Waals surface area contributed by atoms with Crippen LogP contribution in [0.4, 0.5) is 5.95 Å². The molecule has 0 radical (unpaired) electrons. The predicted octanol–water partition coefficient (Wildman–Crippen LogP) is 0.189. The minimum Gasteiger partial charge on any atom is -0.493 e. The number of aromatic nitrogens is 5. The van der Waals surface area contributed by atoms with Gasteiger partial charge < -0.3 is 15.2 Å². The minimum absolute atomic E-state index is 0.0165. The number of ether oxygens (including phenoxy) is 2. The first-order valence-corrected chi connectivity index (χ1v) is 8.56. The summed E-state index contributed by atoms with van der Waals surface area (Å²) < 4.78 is 35.0. The number of nitrogen functional groups attached to an aromatic ring is 1. The van der Waals surface area contributed by atoms with Crippen LogP contribution in [0.2, 0.25) is 0 Å². The molecule has 0 aliphatic carbocycles. The molecule has 0 bridgehead atoms. The van der Waals surface area contributed by atoms with Crippen LogP contribution in [0.25, 0.3) is 17.2 Å². The molecule has 0 unspecified atom stereocenters. The van der Waals surface area contributed by atoms with Crippen LogP contribution in [0, 0.1) is 0 Å². The fourth-order valence-electron chi connectivity index (χ4n) is 2.13. The summed E-state index contributed by atoms with van der Waals surface area (Å²) in [6, 6.07) is 5.21. The van der Waals surface area contributed by atoms with Gasteiger partial charge in [-0.05, 0) is 12.1 Å². The van der Waals surface area contributed by atoms with Gasteiger partial charge >= 0.3 is 0 Å². The van der Waals surface area contributed by atoms with Crippen molar-refractivity contribution in [2.24, 2.45) is 0 Å². The van der Waals surface area contributed by atoms with Gasteiger partial charge in [-0.2, -0.15) is 19.5 Å². The van der Waals surface area contributed by atoms with Gasteiger partial charge in [0.05, 0.1) is 19.8 Å². The van der Waals surface area contributed by atoms with E-state index in [1.54, 1.807) is 18.2 Å². The first kappa shape index (κ1) is 15.9. The van der Waals surface area contributed by atoms with Crippen molar-refractivity contribution in [1.29, 1.82) is 0 Å². The summed E-state index contributed by atoms with van der Waals surface area (Å²) in [4.78, 5) is 11.9. The van der Waals surface area contributed by atoms with Crippen molar-refractivity contribution in [2.75, 3.05) is 26.2 Å². The average Bonchev–Trinajstić information content (AvgIpc) is 2.97. The van der Waals surface area contributed by atoms with Gasteiger partial charge in [0.15, 0.2) is 17.3 Å². The zero-order valence-corrected chi connectivity index (χ0v) is 13.9. The summed E-state index contributed by atoms with van der Waals surface area (Å²) in [6.07, 6.45) is 0.987. The molecule has 0 amide bonds. The molecule has 3 rings (SSSR count). The van der Waals surface area contributed by atoms with Gasteiger partial charge in [0.25, 0.3) is 10.9 Å². The van der Waals surface area contributed by atoms with E-state index in [0.717, 1.165) is 10.8 Å². The minimum atomic E-state index is -3.62. The van der Waals surface area contributed by atoms with Gasteiger partial charge in [-0.1, -0.05) is 6.07 Å². The van der Waals surface area contributed by atoms with Crippen molar-refractivity contribution < 1.29 is 17.9 Å². The SMILES string of the molecule is COc1cccc(-c2nc3nc(S(C)(=O)=O)nc(N)n3n2)c1OC. The van der Waals surface area contributed by atoms with E-state index in [1.165, 1.54) is 14.2 Å². The molecular weight excluding hydrogens is 336 g/mol. The summed E-state index contributed by atoms with van der Waals surface area (Å²) >= 11 is 0. The van der Waals surface area contributed by atoms with Gasteiger partial charge in [-0.25, -0.2) is 8.42 Å². The molecule has 0 aliphatic heterocycles. The molecule has 126 valence electrons. The number of rotatable bonds is 4. The molecule has 0 spiro atoms. The van der Waals surface area contributed by atoms with Gasteiger partial charge in [0.2, 0.25) is 15.8 Å². The number of fused-ring (bicyclic) bond motifs is 1. The molecule has 3 aromatic rings. The highest BCUT2D eigenvalue weighted by molar-refractivity contribution is 7.90. The molecule has 24 heavy (non-hydrogen) atoms. The number of nitrogens with two attached hydrogens (primary N) is 1. The van der Waals surface area contributed by atoms with Crippen LogP contribution in [0.5, 0.6) is 11.5 Å². The predicted molar refractivity (Wildman–Crippen MR) is 84.6 cm³/mol. The molecular formula is C13H14N6O4S. The topological polar surface area (TPSA) is 135 Å². The second-order valence-electron chi connectivity index (χ2n) is 4.82. The van der Waals surface area contributed by atoms with E-state index in [4.69, 9.17) is 15.2 Å². The Labute approximate surface area is 137 Å². The molecule has 10 nitrogen and oxygen atoms in total. The van der Waals surface area contributed by atoms with E-state index < -0.39 is 15.0 Å². The van der Waals surface area contributed by atoms with Crippen molar-refractivity contribution in [3.05, 3.63) is 18.2 Å². The molecule has 1 aromatic carbocycles. The highest BCUT2D eigenvalue weighted by Crippen LogP contribution is 2.36. The lowest BCUT2D eigenvalue weighted by Crippen LogP contribution is -2.11. The lowest BCUT2D eigenvalue weighted by Gasteiger charge is -2.09. The molecule has 2 aromatic heterocycles. The summed E-state index contributed by atoms with van der Waals surface area (Å²) in [7, 11) is -0.616. The number of sulfone groups is 1. The summed E-state index contributed by atoms with van der Waals surface area (Å²) in [5.74, 6) is 1.07. The molecule has 0 aliphatic rings. The Kier molecular flexibility index (Phi) is 3.72. The Balaban J connectivity index is 2.25. The Bertz CT molecular complexity index is 1030. The number of hydrogen-bond donors (Lipinski definition) is 1. The fourth-order valence-corrected chi connectivity index (χ4v) is 2.64. The van der Waals surface area contributed by atoms with Gasteiger partial charge in [0.1, 0.15) is 0 Å². The van der Waals surface area contributed by atoms with Gasteiger partial charge in [-0.3, -0.25) is 0 Å². The Hall–Kier alpha value is -2.95. The van der Waals surface area contributed by atoms with Crippen molar-refractivity contribution in [1.82, 2.24) is 24.6 Å². The van der Waals surface area contributed by atoms with E-state index in [0.29, 0.717) is 17.1 Å². The number of benzene rings is 1. The first-order valence-electron chi connectivity index (χ1n) is 6.67. The van der Waals surface area contributed by atoms with E-state index in [-0.39, 0.29) is 17.6 Å². The van der Waals surface area contributed by atoms with Crippen LogP contribution >= 0.6 is 0 Å². The smallest absolute Gasteiger partial charge is 0.258 e. The summed E-state index contributed by atoms with van der Waals surface area (Å²) in [5, 5.41) is 3.80. The number of anilines is 1. The van der Waals surface area contributed by atoms with Crippen LogP contribution < -0.4 is 15.2 Å². The second kappa shape index (κ2) is 5.60. The maximum atomic E-state index is 11.6. The molecule has 0 saturated heterocycles. The second-order valence-corrected chi connectivity index (χ2v) is 6.73. The quantitative estimate of drug-likeness (QED) is 0.699. The van der Waals surface area contributed by atoms with Crippen LogP contribution in [0.1, 0.15) is 0 Å². The Morgan fingerprint density at radius 2 is 1.88 bits per heavy atom. The molecule has 11 heteroatoms. The fraction of sp³-hybridized carbons (Fsp3) is 0.231. The standard InChI is InChI=1S/C13H14N6O4S/c1-22-8-6-4-5-7(9(8)23-2)10-15-12-17-13(24(3,20)21)16-11(14)19(12)18-10/h4-6H,1-3H3,(H2,14,15,16,17,18). The summed E-state index contributed by atoms with van der Waals surface area (Å²) in [5.41, 5.74) is 6.30. The van der Waals surface area contributed by atoms with Gasteiger partial charge in [0, 0.05) is 6.26 Å². The van der Waals surface area contributed by atoms with Crippen LogP contribution in [-0.4, -0.2) is 53.5 Å². The largest absolute Gasteiger partial charge is 0.493 e. The Morgan fingerprint density at radius 3 is 2.50 bits per heavy atom. The van der Waals surface area contributed by atoms with E-state index in [9.17, 15) is 8.42 Å². The average molecular weight is 350 g/mol. The lowest BCUT2D eigenvalue weighted by atomic mass is 10.2. The molecule has 2 N–H and O–H groups in total. The van der Waals surface area contributed by atoms with Crippen LogP contribution in [0.15, 0.2) is 23.4 Å². The van der Waals surface area contributed by atoms with E-state index in [2.05, 4.69) is 20.1 Å². The van der Waals surface area contributed by atoms with E-state index in [1.807, 2.05) is 0 Å². The number of hydrogen-bond acceptors (Lipinski definition) is 9. The normalized spacial score (nSPS) is 11.6. The van der Waals surface area contributed by atoms with Crippen LogP contribution in [-0.2, 0) is 9.84 Å². The maximum absolute atomic E-state index is 11.6. The van der Waals surface area contributed by atoms with Crippen molar-refractivity contribution >= 4 is 21.6 Å². The third-order valence-corrected chi connectivity index (χ3v) is 4.03. The number of nitrogens with zero attached hydrogens (tertiary/aromatic N) is 5. The first-order chi connectivity index (χ1) is 11.3. The third-order valence-electron chi connectivity index (χ3n) is 3.19. The highest BCUT2D eigenvalue weighted by Gasteiger charge is 2.20. The van der Waals surface area contributed by atoms with Crippen molar-refractivity contribution in [3.8, 4) is 22.9 Å². The maximum Gasteiger partial charge on any atom is 0.258 e. The molecule has 0 atom stereocenters. The number of para-hydroxylation sites is 1. The van der Waals surface area contributed by atoms with Crippen molar-refractivity contribution in [3.63, 3.8) is 0 Å². The monoisotopic (exact) mass is 350 g/mol. The lowest BCUT2D eigenvalue weighted by molar-refractivity contribution is 0.356. The van der Waals surface area contributed by atoms with Crippen LogP contribution in [0.3, 0.4) is 0 Å². The zero-order valence-electron chi connectivity index (χ0n) is 13.1. The number of methoxy groups -OCH3 is 2. The molecule has 0 saturated carbocycles. The Morgan fingerprint density at radius 1 is 1.12 bits per heavy atom. The van der Waals surface area contributed by atoms with Crippen molar-refractivity contribution in [2.45, 2.75) is 5.16 Å².